The van der Waals surface area contributed by atoms with Gasteiger partial charge < -0.3 is 20.3 Å². The van der Waals surface area contributed by atoms with E-state index in [0.29, 0.717) is 25.1 Å². The lowest BCUT2D eigenvalue weighted by molar-refractivity contribution is -0.0453. The number of benzene rings is 1. The Morgan fingerprint density at radius 3 is 2.61 bits per heavy atom. The molecule has 1 rings (SSSR count). The number of hydrogen-bond acceptors (Lipinski definition) is 4. The number of nitrogens with two attached hydrogens (primary N) is 1. The zero-order chi connectivity index (χ0) is 13.6. The quantitative estimate of drug-likeness (QED) is 0.775. The zero-order valence-corrected chi connectivity index (χ0v) is 10.8. The molecule has 102 valence electrons. The van der Waals surface area contributed by atoms with E-state index in [1.165, 1.54) is 26.4 Å². The standard InChI is InChI=1S/C13H20FNO3/c1-17-9-13(16,6-3-7-15)11-5-4-10(18-2)8-12(11)14/h4-5,8,16H,3,6-7,9,15H2,1-2H3. The van der Waals surface area contributed by atoms with Crippen LogP contribution < -0.4 is 10.5 Å². The predicted molar refractivity (Wildman–Crippen MR) is 67.0 cm³/mol. The van der Waals surface area contributed by atoms with Crippen LogP contribution >= 0.6 is 0 Å². The number of aliphatic hydroxyl groups is 1. The summed E-state index contributed by atoms with van der Waals surface area (Å²) < 4.78 is 23.9. The highest BCUT2D eigenvalue weighted by molar-refractivity contribution is 5.32. The summed E-state index contributed by atoms with van der Waals surface area (Å²) in [7, 11) is 2.93. The van der Waals surface area contributed by atoms with Crippen LogP contribution in [0, 0.1) is 5.82 Å². The van der Waals surface area contributed by atoms with E-state index in [1.54, 1.807) is 6.07 Å². The molecule has 0 fully saturated rings. The van der Waals surface area contributed by atoms with E-state index in [1.807, 2.05) is 0 Å². The Morgan fingerprint density at radius 2 is 2.11 bits per heavy atom. The van der Waals surface area contributed by atoms with E-state index >= 15 is 0 Å². The maximum Gasteiger partial charge on any atom is 0.133 e. The summed E-state index contributed by atoms with van der Waals surface area (Å²) in [6.07, 6.45) is 0.936. The van der Waals surface area contributed by atoms with Gasteiger partial charge in [0.2, 0.25) is 0 Å². The molecule has 0 spiro atoms. The molecule has 0 radical (unpaired) electrons. The Bertz CT molecular complexity index is 386. The maximum atomic E-state index is 14.0. The number of rotatable bonds is 7. The van der Waals surface area contributed by atoms with Crippen LogP contribution in [0.2, 0.25) is 0 Å². The van der Waals surface area contributed by atoms with Crippen molar-refractivity contribution in [1.29, 1.82) is 0 Å². The van der Waals surface area contributed by atoms with Crippen molar-refractivity contribution in [3.8, 4) is 5.75 Å². The molecule has 0 saturated carbocycles. The van der Waals surface area contributed by atoms with Gasteiger partial charge in [0.1, 0.15) is 17.2 Å². The van der Waals surface area contributed by atoms with Gasteiger partial charge in [0, 0.05) is 18.7 Å². The lowest BCUT2D eigenvalue weighted by atomic mass is 9.89. The van der Waals surface area contributed by atoms with E-state index in [4.69, 9.17) is 15.2 Å². The van der Waals surface area contributed by atoms with Crippen LogP contribution in [0.4, 0.5) is 4.39 Å². The van der Waals surface area contributed by atoms with Crippen LogP contribution in [-0.2, 0) is 10.3 Å². The third-order valence-electron chi connectivity index (χ3n) is 2.86. The highest BCUT2D eigenvalue weighted by Gasteiger charge is 2.31. The smallest absolute Gasteiger partial charge is 0.133 e. The van der Waals surface area contributed by atoms with Crippen molar-refractivity contribution in [2.24, 2.45) is 5.73 Å². The first-order valence-electron chi connectivity index (χ1n) is 5.83. The number of hydrogen-bond donors (Lipinski definition) is 2. The van der Waals surface area contributed by atoms with Crippen LogP contribution in [0.25, 0.3) is 0 Å². The van der Waals surface area contributed by atoms with E-state index < -0.39 is 11.4 Å². The molecule has 5 heteroatoms. The topological polar surface area (TPSA) is 64.7 Å². The van der Waals surface area contributed by atoms with E-state index in [9.17, 15) is 9.50 Å². The maximum absolute atomic E-state index is 14.0. The van der Waals surface area contributed by atoms with Crippen molar-refractivity contribution >= 4 is 0 Å². The van der Waals surface area contributed by atoms with Gasteiger partial charge in [-0.3, -0.25) is 0 Å². The molecule has 4 nitrogen and oxygen atoms in total. The molecule has 0 aliphatic rings. The third-order valence-corrected chi connectivity index (χ3v) is 2.86. The fourth-order valence-electron chi connectivity index (χ4n) is 1.92. The first-order chi connectivity index (χ1) is 8.57. The van der Waals surface area contributed by atoms with Gasteiger partial charge in [-0.2, -0.15) is 0 Å². The number of methoxy groups -OCH3 is 2. The second-order valence-corrected chi connectivity index (χ2v) is 4.20. The lowest BCUT2D eigenvalue weighted by Gasteiger charge is -2.28. The summed E-state index contributed by atoms with van der Waals surface area (Å²) in [5.41, 5.74) is 4.28. The minimum absolute atomic E-state index is 0.0241. The molecule has 0 amide bonds. The molecular formula is C13H20FNO3. The van der Waals surface area contributed by atoms with Crippen LogP contribution in [0.15, 0.2) is 18.2 Å². The molecule has 1 aromatic rings. The normalized spacial score (nSPS) is 14.3. The molecule has 0 aliphatic carbocycles. The monoisotopic (exact) mass is 257 g/mol. The highest BCUT2D eigenvalue weighted by Crippen LogP contribution is 2.30. The average molecular weight is 257 g/mol. The molecule has 18 heavy (non-hydrogen) atoms. The van der Waals surface area contributed by atoms with E-state index in [-0.39, 0.29) is 12.2 Å². The number of ether oxygens (including phenoxy) is 2. The zero-order valence-electron chi connectivity index (χ0n) is 10.8. The Hall–Kier alpha value is -1.17. The minimum Gasteiger partial charge on any atom is -0.497 e. The number of halogens is 1. The van der Waals surface area contributed by atoms with Gasteiger partial charge >= 0.3 is 0 Å². The Labute approximate surface area is 107 Å². The summed E-state index contributed by atoms with van der Waals surface area (Å²) in [6, 6.07) is 4.38. The van der Waals surface area contributed by atoms with Crippen molar-refractivity contribution in [2.45, 2.75) is 18.4 Å². The van der Waals surface area contributed by atoms with Crippen molar-refractivity contribution < 1.29 is 19.0 Å². The van der Waals surface area contributed by atoms with Crippen LogP contribution in [-0.4, -0.2) is 32.5 Å². The third kappa shape index (κ3) is 3.41. The van der Waals surface area contributed by atoms with Gasteiger partial charge in [0.15, 0.2) is 0 Å². The van der Waals surface area contributed by atoms with Crippen molar-refractivity contribution in [2.75, 3.05) is 27.4 Å². The average Bonchev–Trinajstić information content (AvgIpc) is 2.36. The second-order valence-electron chi connectivity index (χ2n) is 4.20. The largest absolute Gasteiger partial charge is 0.497 e. The van der Waals surface area contributed by atoms with Gasteiger partial charge in [0.25, 0.3) is 0 Å². The summed E-state index contributed by atoms with van der Waals surface area (Å²) in [5.74, 6) is -0.0965. The summed E-state index contributed by atoms with van der Waals surface area (Å²) in [6.45, 7) is 0.458. The molecule has 0 heterocycles. The molecule has 1 unspecified atom stereocenters. The molecule has 0 saturated heterocycles. The molecule has 0 aliphatic heterocycles. The van der Waals surface area contributed by atoms with Crippen molar-refractivity contribution in [3.05, 3.63) is 29.6 Å². The molecule has 0 bridgehead atoms. The Kier molecular flexibility index (Phi) is 5.53. The van der Waals surface area contributed by atoms with Crippen molar-refractivity contribution in [1.82, 2.24) is 0 Å². The Morgan fingerprint density at radius 1 is 1.39 bits per heavy atom. The summed E-state index contributed by atoms with van der Waals surface area (Å²) in [5, 5.41) is 10.5. The van der Waals surface area contributed by atoms with Gasteiger partial charge in [-0.1, -0.05) is 0 Å². The highest BCUT2D eigenvalue weighted by atomic mass is 19.1. The van der Waals surface area contributed by atoms with Crippen molar-refractivity contribution in [3.63, 3.8) is 0 Å². The first-order valence-corrected chi connectivity index (χ1v) is 5.83. The lowest BCUT2D eigenvalue weighted by Crippen LogP contribution is -2.33. The van der Waals surface area contributed by atoms with Gasteiger partial charge in [0.05, 0.1) is 13.7 Å². The predicted octanol–water partition coefficient (Wildman–Crippen LogP) is 1.41. The minimum atomic E-state index is -1.36. The summed E-state index contributed by atoms with van der Waals surface area (Å²) in [4.78, 5) is 0. The SMILES string of the molecule is COCC(O)(CCCN)c1ccc(OC)cc1F. The van der Waals surface area contributed by atoms with Gasteiger partial charge in [-0.25, -0.2) is 4.39 Å². The Balaban J connectivity index is 3.04. The van der Waals surface area contributed by atoms with Crippen LogP contribution in [0.3, 0.4) is 0 Å². The molecule has 1 aromatic carbocycles. The fourth-order valence-corrected chi connectivity index (χ4v) is 1.92. The van der Waals surface area contributed by atoms with Gasteiger partial charge in [-0.15, -0.1) is 0 Å². The molecule has 3 N–H and O–H groups in total. The van der Waals surface area contributed by atoms with E-state index in [0.717, 1.165) is 0 Å². The first kappa shape index (κ1) is 14.9. The van der Waals surface area contributed by atoms with Crippen LogP contribution in [0.1, 0.15) is 18.4 Å². The molecule has 1 atom stereocenters. The van der Waals surface area contributed by atoms with E-state index in [2.05, 4.69) is 0 Å². The molecular weight excluding hydrogens is 237 g/mol. The van der Waals surface area contributed by atoms with Crippen LogP contribution in [0.5, 0.6) is 5.75 Å². The van der Waals surface area contributed by atoms with Gasteiger partial charge in [-0.05, 0) is 31.5 Å². The second kappa shape index (κ2) is 6.68. The molecule has 0 aromatic heterocycles. The fraction of sp³-hybridized carbons (Fsp3) is 0.538. The summed E-state index contributed by atoms with van der Waals surface area (Å²) >= 11 is 0.